The Morgan fingerprint density at radius 1 is 1.23 bits per heavy atom. The molecule has 0 atom stereocenters. The van der Waals surface area contributed by atoms with Crippen molar-refractivity contribution in [2.75, 3.05) is 39.4 Å². The monoisotopic (exact) mass is 332 g/mol. The van der Waals surface area contributed by atoms with Crippen molar-refractivity contribution in [2.45, 2.75) is 12.8 Å². The van der Waals surface area contributed by atoms with E-state index in [-0.39, 0.29) is 10.6 Å². The molecule has 0 bridgehead atoms. The van der Waals surface area contributed by atoms with E-state index in [1.165, 1.54) is 0 Å². The number of hydrogen-bond donors (Lipinski definition) is 1. The van der Waals surface area contributed by atoms with Crippen LogP contribution >= 0.6 is 11.6 Å². The third kappa shape index (κ3) is 4.90. The van der Waals surface area contributed by atoms with Gasteiger partial charge in [-0.1, -0.05) is 11.6 Å². The molecule has 0 aliphatic carbocycles. The van der Waals surface area contributed by atoms with Crippen LogP contribution in [-0.4, -0.2) is 50.2 Å². The van der Waals surface area contributed by atoms with Crippen LogP contribution in [0.1, 0.15) is 23.2 Å². The molecule has 1 heterocycles. The van der Waals surface area contributed by atoms with E-state index in [9.17, 15) is 13.6 Å². The molecule has 1 aliphatic heterocycles. The van der Waals surface area contributed by atoms with Gasteiger partial charge in [0.15, 0.2) is 11.6 Å². The number of carbonyl (C=O) groups excluding carboxylic acids is 1. The largest absolute Gasteiger partial charge is 0.379 e. The van der Waals surface area contributed by atoms with Gasteiger partial charge in [-0.25, -0.2) is 8.78 Å². The zero-order valence-corrected chi connectivity index (χ0v) is 13.0. The number of benzene rings is 1. The number of rotatable bonds is 6. The Kier molecular flexibility index (Phi) is 6.54. The number of morpholine rings is 1. The van der Waals surface area contributed by atoms with Crippen LogP contribution in [-0.2, 0) is 4.74 Å². The molecule has 122 valence electrons. The second-order valence-electron chi connectivity index (χ2n) is 5.16. The number of nitrogens with one attached hydrogen (secondary N) is 1. The fourth-order valence-corrected chi connectivity index (χ4v) is 2.52. The molecule has 0 aromatic heterocycles. The summed E-state index contributed by atoms with van der Waals surface area (Å²) in [5.41, 5.74) is -0.0475. The third-order valence-electron chi connectivity index (χ3n) is 3.54. The van der Waals surface area contributed by atoms with Gasteiger partial charge in [0.05, 0.1) is 23.8 Å². The summed E-state index contributed by atoms with van der Waals surface area (Å²) in [7, 11) is 0. The average Bonchev–Trinajstić information content (AvgIpc) is 2.51. The first-order valence-corrected chi connectivity index (χ1v) is 7.68. The Labute approximate surface area is 133 Å². The van der Waals surface area contributed by atoms with Gasteiger partial charge in [0.25, 0.3) is 5.91 Å². The Hall–Kier alpha value is -1.24. The molecular weight excluding hydrogens is 314 g/mol. The van der Waals surface area contributed by atoms with E-state index in [1.54, 1.807) is 0 Å². The number of nitrogens with zero attached hydrogens (tertiary/aromatic N) is 1. The molecule has 1 fully saturated rings. The van der Waals surface area contributed by atoms with E-state index in [0.717, 1.165) is 57.8 Å². The van der Waals surface area contributed by atoms with Crippen molar-refractivity contribution in [2.24, 2.45) is 0 Å². The van der Waals surface area contributed by atoms with Gasteiger partial charge in [-0.05, 0) is 31.5 Å². The van der Waals surface area contributed by atoms with E-state index < -0.39 is 17.5 Å². The lowest BCUT2D eigenvalue weighted by Gasteiger charge is -2.26. The normalized spacial score (nSPS) is 15.8. The van der Waals surface area contributed by atoms with E-state index >= 15 is 0 Å². The predicted molar refractivity (Wildman–Crippen MR) is 80.2 cm³/mol. The van der Waals surface area contributed by atoms with Crippen molar-refractivity contribution in [3.05, 3.63) is 34.4 Å². The Morgan fingerprint density at radius 2 is 1.91 bits per heavy atom. The summed E-state index contributed by atoms with van der Waals surface area (Å²) < 4.78 is 31.4. The van der Waals surface area contributed by atoms with Crippen molar-refractivity contribution in [3.8, 4) is 0 Å². The first-order valence-electron chi connectivity index (χ1n) is 7.31. The van der Waals surface area contributed by atoms with Crippen LogP contribution < -0.4 is 5.32 Å². The van der Waals surface area contributed by atoms with E-state index in [4.69, 9.17) is 16.3 Å². The van der Waals surface area contributed by atoms with Gasteiger partial charge in [-0.15, -0.1) is 0 Å². The quantitative estimate of drug-likeness (QED) is 0.642. The van der Waals surface area contributed by atoms with Crippen LogP contribution in [0.25, 0.3) is 0 Å². The first-order chi connectivity index (χ1) is 10.6. The predicted octanol–water partition coefficient (Wildman–Crippen LogP) is 2.46. The highest BCUT2D eigenvalue weighted by molar-refractivity contribution is 6.33. The summed E-state index contributed by atoms with van der Waals surface area (Å²) in [4.78, 5) is 14.2. The molecule has 7 heteroatoms. The van der Waals surface area contributed by atoms with E-state index in [0.29, 0.717) is 6.54 Å². The van der Waals surface area contributed by atoms with Gasteiger partial charge in [0, 0.05) is 19.6 Å². The molecule has 1 N–H and O–H groups in total. The molecule has 4 nitrogen and oxygen atoms in total. The van der Waals surface area contributed by atoms with Crippen molar-refractivity contribution in [3.63, 3.8) is 0 Å². The zero-order chi connectivity index (χ0) is 15.9. The van der Waals surface area contributed by atoms with Crippen LogP contribution in [0, 0.1) is 11.6 Å². The average molecular weight is 333 g/mol. The molecule has 0 radical (unpaired) electrons. The second-order valence-corrected chi connectivity index (χ2v) is 5.57. The summed E-state index contributed by atoms with van der Waals surface area (Å²) in [6.45, 7) is 4.86. The van der Waals surface area contributed by atoms with Gasteiger partial charge in [-0.3, -0.25) is 9.69 Å². The van der Waals surface area contributed by atoms with Gasteiger partial charge < -0.3 is 10.1 Å². The number of carbonyl (C=O) groups is 1. The number of hydrogen-bond acceptors (Lipinski definition) is 3. The SMILES string of the molecule is O=C(NCCCCN1CCOCC1)c1cc(F)c(F)cc1Cl. The molecule has 1 aromatic rings. The Bertz CT molecular complexity index is 523. The summed E-state index contributed by atoms with van der Waals surface area (Å²) >= 11 is 5.75. The number of unbranched alkanes of at least 4 members (excludes halogenated alkanes) is 1. The van der Waals surface area contributed by atoms with Crippen LogP contribution in [0.5, 0.6) is 0 Å². The minimum absolute atomic E-state index is 0.0475. The molecule has 22 heavy (non-hydrogen) atoms. The molecule has 1 aromatic carbocycles. The van der Waals surface area contributed by atoms with Gasteiger partial charge >= 0.3 is 0 Å². The first kappa shape index (κ1) is 17.1. The number of ether oxygens (including phenoxy) is 1. The number of halogens is 3. The lowest BCUT2D eigenvalue weighted by Crippen LogP contribution is -2.37. The minimum Gasteiger partial charge on any atom is -0.379 e. The highest BCUT2D eigenvalue weighted by Crippen LogP contribution is 2.19. The topological polar surface area (TPSA) is 41.6 Å². The smallest absolute Gasteiger partial charge is 0.252 e. The van der Waals surface area contributed by atoms with Crippen molar-refractivity contribution >= 4 is 17.5 Å². The van der Waals surface area contributed by atoms with Crippen LogP contribution in [0.15, 0.2) is 12.1 Å². The van der Waals surface area contributed by atoms with Crippen molar-refractivity contribution in [1.82, 2.24) is 10.2 Å². The maximum absolute atomic E-state index is 13.1. The van der Waals surface area contributed by atoms with E-state index in [1.807, 2.05) is 0 Å². The number of amides is 1. The van der Waals surface area contributed by atoms with Gasteiger partial charge in [-0.2, -0.15) is 0 Å². The maximum Gasteiger partial charge on any atom is 0.252 e. The van der Waals surface area contributed by atoms with E-state index in [2.05, 4.69) is 10.2 Å². The summed E-state index contributed by atoms with van der Waals surface area (Å²) in [6, 6.07) is 1.63. The Morgan fingerprint density at radius 3 is 2.64 bits per heavy atom. The van der Waals surface area contributed by atoms with Gasteiger partial charge in [0.1, 0.15) is 0 Å². The maximum atomic E-state index is 13.1. The molecule has 1 saturated heterocycles. The van der Waals surface area contributed by atoms with Crippen LogP contribution in [0.2, 0.25) is 5.02 Å². The van der Waals surface area contributed by atoms with Crippen molar-refractivity contribution < 1.29 is 18.3 Å². The second kappa shape index (κ2) is 8.41. The molecule has 0 saturated carbocycles. The minimum atomic E-state index is -1.08. The van der Waals surface area contributed by atoms with Gasteiger partial charge in [0.2, 0.25) is 0 Å². The summed E-state index contributed by atoms with van der Waals surface area (Å²) in [5.74, 6) is -2.63. The standard InChI is InChI=1S/C15H19ClF2N2O2/c16-12-10-14(18)13(17)9-11(12)15(21)19-3-1-2-4-20-5-7-22-8-6-20/h9-10H,1-8H2,(H,19,21). The molecule has 1 amide bonds. The molecule has 1 aliphatic rings. The van der Waals surface area contributed by atoms with Crippen LogP contribution in [0.3, 0.4) is 0 Å². The highest BCUT2D eigenvalue weighted by atomic mass is 35.5. The summed E-state index contributed by atoms with van der Waals surface area (Å²) in [5, 5.41) is 2.58. The van der Waals surface area contributed by atoms with Crippen molar-refractivity contribution in [1.29, 1.82) is 0 Å². The lowest BCUT2D eigenvalue weighted by molar-refractivity contribution is 0.0372. The third-order valence-corrected chi connectivity index (χ3v) is 3.86. The summed E-state index contributed by atoms with van der Waals surface area (Å²) in [6.07, 6.45) is 1.76. The molecular formula is C15H19ClF2N2O2. The molecule has 0 spiro atoms. The lowest BCUT2D eigenvalue weighted by atomic mass is 10.2. The molecule has 0 unspecified atom stereocenters. The Balaban J connectivity index is 1.70. The zero-order valence-electron chi connectivity index (χ0n) is 12.2. The fraction of sp³-hybridized carbons (Fsp3) is 0.533. The fourth-order valence-electron chi connectivity index (χ4n) is 2.28. The highest BCUT2D eigenvalue weighted by Gasteiger charge is 2.14. The molecule has 2 rings (SSSR count). The van der Waals surface area contributed by atoms with Crippen LogP contribution in [0.4, 0.5) is 8.78 Å².